The van der Waals surface area contributed by atoms with Crippen LogP contribution in [0.25, 0.3) is 0 Å². The molecule has 1 N–H and O–H groups in total. The first-order chi connectivity index (χ1) is 13.0. The minimum Gasteiger partial charge on any atom is -0.497 e. The molecule has 0 bridgehead atoms. The summed E-state index contributed by atoms with van der Waals surface area (Å²) in [4.78, 5) is 26.3. The molecule has 2 amide bonds. The Hall–Kier alpha value is -2.89. The van der Waals surface area contributed by atoms with Gasteiger partial charge in [-0.15, -0.1) is 0 Å². The fourth-order valence-corrected chi connectivity index (χ4v) is 3.16. The number of hydrogen-bond donors (Lipinski definition) is 1. The topological polar surface area (TPSA) is 58.6 Å². The van der Waals surface area contributed by atoms with Gasteiger partial charge in [0.2, 0.25) is 11.8 Å². The molecule has 2 aromatic rings. The molecule has 3 rings (SSSR count). The SMILES string of the molecule is COc1ccc(CNC(=O)[C@H]2CC(=O)N(CCc3ccc(F)cc3)C2)cc1. The van der Waals surface area contributed by atoms with Gasteiger partial charge in [-0.05, 0) is 41.8 Å². The van der Waals surface area contributed by atoms with E-state index in [0.717, 1.165) is 16.9 Å². The highest BCUT2D eigenvalue weighted by Crippen LogP contribution is 2.19. The van der Waals surface area contributed by atoms with Crippen molar-refractivity contribution in [1.82, 2.24) is 10.2 Å². The Labute approximate surface area is 158 Å². The Morgan fingerprint density at radius 2 is 1.81 bits per heavy atom. The van der Waals surface area contributed by atoms with Crippen molar-refractivity contribution < 1.29 is 18.7 Å². The lowest BCUT2D eigenvalue weighted by Crippen LogP contribution is -2.33. The fourth-order valence-electron chi connectivity index (χ4n) is 3.16. The van der Waals surface area contributed by atoms with Crippen molar-refractivity contribution in [2.24, 2.45) is 5.92 Å². The molecule has 2 aromatic carbocycles. The van der Waals surface area contributed by atoms with Gasteiger partial charge in [0, 0.05) is 26.1 Å². The second kappa shape index (κ2) is 8.66. The van der Waals surface area contributed by atoms with Crippen LogP contribution in [0.3, 0.4) is 0 Å². The highest BCUT2D eigenvalue weighted by atomic mass is 19.1. The van der Waals surface area contributed by atoms with Crippen molar-refractivity contribution >= 4 is 11.8 Å². The molecule has 27 heavy (non-hydrogen) atoms. The Morgan fingerprint density at radius 1 is 1.15 bits per heavy atom. The van der Waals surface area contributed by atoms with Crippen molar-refractivity contribution in [3.8, 4) is 5.75 Å². The molecule has 0 unspecified atom stereocenters. The molecule has 1 heterocycles. The van der Waals surface area contributed by atoms with Gasteiger partial charge in [-0.1, -0.05) is 24.3 Å². The standard InChI is InChI=1S/C21H23FN2O3/c1-27-19-8-4-16(5-9-19)13-23-21(26)17-12-20(25)24(14-17)11-10-15-2-6-18(22)7-3-15/h2-9,17H,10-14H2,1H3,(H,23,26)/t17-/m0/s1. The molecule has 1 aliphatic rings. The number of nitrogens with zero attached hydrogens (tertiary/aromatic N) is 1. The number of rotatable bonds is 7. The number of amides is 2. The summed E-state index contributed by atoms with van der Waals surface area (Å²) in [5.74, 6) is 0.0435. The second-order valence-electron chi connectivity index (χ2n) is 6.68. The van der Waals surface area contributed by atoms with Crippen LogP contribution in [0.2, 0.25) is 0 Å². The highest BCUT2D eigenvalue weighted by Gasteiger charge is 2.33. The zero-order valence-electron chi connectivity index (χ0n) is 15.3. The van der Waals surface area contributed by atoms with Gasteiger partial charge >= 0.3 is 0 Å². The normalized spacial score (nSPS) is 16.4. The number of ether oxygens (including phenoxy) is 1. The van der Waals surface area contributed by atoms with Gasteiger partial charge in [-0.25, -0.2) is 4.39 Å². The van der Waals surface area contributed by atoms with E-state index in [0.29, 0.717) is 26.1 Å². The van der Waals surface area contributed by atoms with E-state index in [1.54, 1.807) is 24.1 Å². The van der Waals surface area contributed by atoms with Gasteiger partial charge in [0.05, 0.1) is 13.0 Å². The van der Waals surface area contributed by atoms with Crippen molar-refractivity contribution in [1.29, 1.82) is 0 Å². The maximum absolute atomic E-state index is 12.9. The van der Waals surface area contributed by atoms with Gasteiger partial charge in [0.1, 0.15) is 11.6 Å². The summed E-state index contributed by atoms with van der Waals surface area (Å²) in [6.45, 7) is 1.38. The lowest BCUT2D eigenvalue weighted by molar-refractivity contribution is -0.129. The van der Waals surface area contributed by atoms with E-state index < -0.39 is 0 Å². The number of carbonyl (C=O) groups excluding carboxylic acids is 2. The predicted molar refractivity (Wildman–Crippen MR) is 99.6 cm³/mol. The Kier molecular flexibility index (Phi) is 6.06. The lowest BCUT2D eigenvalue weighted by Gasteiger charge is -2.16. The van der Waals surface area contributed by atoms with Crippen LogP contribution in [-0.4, -0.2) is 36.9 Å². The largest absolute Gasteiger partial charge is 0.497 e. The van der Waals surface area contributed by atoms with Crippen LogP contribution < -0.4 is 10.1 Å². The van der Waals surface area contributed by atoms with E-state index in [1.165, 1.54) is 12.1 Å². The summed E-state index contributed by atoms with van der Waals surface area (Å²) < 4.78 is 18.1. The molecule has 0 aromatic heterocycles. The summed E-state index contributed by atoms with van der Waals surface area (Å²) in [6, 6.07) is 13.7. The van der Waals surface area contributed by atoms with E-state index in [-0.39, 0.29) is 30.0 Å². The van der Waals surface area contributed by atoms with Crippen LogP contribution >= 0.6 is 0 Å². The molecule has 0 radical (unpaired) electrons. The highest BCUT2D eigenvalue weighted by molar-refractivity contribution is 5.89. The number of methoxy groups -OCH3 is 1. The third-order valence-corrected chi connectivity index (χ3v) is 4.79. The van der Waals surface area contributed by atoms with Crippen LogP contribution in [-0.2, 0) is 22.6 Å². The first kappa shape index (κ1) is 18.9. The lowest BCUT2D eigenvalue weighted by atomic mass is 10.1. The van der Waals surface area contributed by atoms with Crippen LogP contribution in [0.15, 0.2) is 48.5 Å². The van der Waals surface area contributed by atoms with Crippen LogP contribution in [0.5, 0.6) is 5.75 Å². The van der Waals surface area contributed by atoms with Gasteiger partial charge < -0.3 is 15.0 Å². The fraction of sp³-hybridized carbons (Fsp3) is 0.333. The van der Waals surface area contributed by atoms with Gasteiger partial charge in [0.25, 0.3) is 0 Å². The monoisotopic (exact) mass is 370 g/mol. The van der Waals surface area contributed by atoms with Crippen LogP contribution in [0, 0.1) is 11.7 Å². The summed E-state index contributed by atoms with van der Waals surface area (Å²) in [5, 5.41) is 2.90. The maximum atomic E-state index is 12.9. The summed E-state index contributed by atoms with van der Waals surface area (Å²) in [6.07, 6.45) is 0.879. The number of likely N-dealkylation sites (tertiary alicyclic amines) is 1. The molecular weight excluding hydrogens is 347 g/mol. The minimum atomic E-state index is -0.330. The third-order valence-electron chi connectivity index (χ3n) is 4.79. The van der Waals surface area contributed by atoms with Gasteiger partial charge in [-0.3, -0.25) is 9.59 Å². The number of benzene rings is 2. The van der Waals surface area contributed by atoms with Gasteiger partial charge in [-0.2, -0.15) is 0 Å². The zero-order valence-corrected chi connectivity index (χ0v) is 15.3. The minimum absolute atomic E-state index is 0.0123. The third kappa shape index (κ3) is 5.06. The quantitative estimate of drug-likeness (QED) is 0.815. The molecule has 1 saturated heterocycles. The van der Waals surface area contributed by atoms with Crippen molar-refractivity contribution in [2.45, 2.75) is 19.4 Å². The zero-order chi connectivity index (χ0) is 19.2. The second-order valence-corrected chi connectivity index (χ2v) is 6.68. The average Bonchev–Trinajstić information content (AvgIpc) is 3.07. The summed E-state index contributed by atoms with van der Waals surface area (Å²) in [5.41, 5.74) is 1.94. The first-order valence-corrected chi connectivity index (χ1v) is 8.98. The van der Waals surface area contributed by atoms with Crippen LogP contribution in [0.1, 0.15) is 17.5 Å². The van der Waals surface area contributed by atoms with Crippen LogP contribution in [0.4, 0.5) is 4.39 Å². The van der Waals surface area contributed by atoms with E-state index >= 15 is 0 Å². The predicted octanol–water partition coefficient (Wildman–Crippen LogP) is 2.54. The Morgan fingerprint density at radius 3 is 2.48 bits per heavy atom. The maximum Gasteiger partial charge on any atom is 0.225 e. The Balaban J connectivity index is 1.47. The number of hydrogen-bond acceptors (Lipinski definition) is 3. The van der Waals surface area contributed by atoms with Crippen molar-refractivity contribution in [3.63, 3.8) is 0 Å². The first-order valence-electron chi connectivity index (χ1n) is 8.98. The van der Waals surface area contributed by atoms with Crippen molar-refractivity contribution in [3.05, 3.63) is 65.5 Å². The molecule has 6 heteroatoms. The molecule has 5 nitrogen and oxygen atoms in total. The number of carbonyl (C=O) groups is 2. The van der Waals surface area contributed by atoms with E-state index in [2.05, 4.69) is 5.32 Å². The molecule has 0 saturated carbocycles. The van der Waals surface area contributed by atoms with E-state index in [4.69, 9.17) is 4.74 Å². The van der Waals surface area contributed by atoms with E-state index in [1.807, 2.05) is 24.3 Å². The molecule has 0 aliphatic carbocycles. The Bertz CT molecular complexity index is 790. The molecule has 142 valence electrons. The number of halogens is 1. The molecular formula is C21H23FN2O3. The van der Waals surface area contributed by atoms with E-state index in [9.17, 15) is 14.0 Å². The van der Waals surface area contributed by atoms with Gasteiger partial charge in [0.15, 0.2) is 0 Å². The molecule has 0 spiro atoms. The van der Waals surface area contributed by atoms with Crippen molar-refractivity contribution in [2.75, 3.05) is 20.2 Å². The molecule has 1 aliphatic heterocycles. The summed E-state index contributed by atoms with van der Waals surface area (Å²) in [7, 11) is 1.61. The molecule has 1 atom stereocenters. The average molecular weight is 370 g/mol. The molecule has 1 fully saturated rings. The number of nitrogens with one attached hydrogen (secondary N) is 1. The smallest absolute Gasteiger partial charge is 0.225 e. The summed E-state index contributed by atoms with van der Waals surface area (Å²) >= 11 is 0.